The fourth-order valence-electron chi connectivity index (χ4n) is 2.68. The van der Waals surface area contributed by atoms with Crippen molar-refractivity contribution >= 4 is 11.8 Å². The van der Waals surface area contributed by atoms with Crippen LogP contribution in [-0.4, -0.2) is 42.1 Å². The van der Waals surface area contributed by atoms with E-state index in [0.717, 1.165) is 5.75 Å². The Morgan fingerprint density at radius 1 is 1.35 bits per heavy atom. The van der Waals surface area contributed by atoms with Gasteiger partial charge in [0.1, 0.15) is 5.75 Å². The zero-order valence-corrected chi connectivity index (χ0v) is 13.5. The minimum atomic E-state index is 0.212. The van der Waals surface area contributed by atoms with Gasteiger partial charge in [0.2, 0.25) is 0 Å². The van der Waals surface area contributed by atoms with E-state index < -0.39 is 0 Å². The van der Waals surface area contributed by atoms with Crippen molar-refractivity contribution < 1.29 is 4.74 Å². The van der Waals surface area contributed by atoms with E-state index in [4.69, 9.17) is 10.5 Å². The topological polar surface area (TPSA) is 38.5 Å². The molecule has 1 fully saturated rings. The van der Waals surface area contributed by atoms with Crippen LogP contribution in [0.25, 0.3) is 0 Å². The van der Waals surface area contributed by atoms with Crippen molar-refractivity contribution in [1.29, 1.82) is 0 Å². The number of hydrogen-bond acceptors (Lipinski definition) is 4. The molecule has 0 spiro atoms. The average Bonchev–Trinajstić information content (AvgIpc) is 2.94. The summed E-state index contributed by atoms with van der Waals surface area (Å²) < 4.78 is 5.69. The van der Waals surface area contributed by atoms with Crippen LogP contribution in [0.1, 0.15) is 31.9 Å². The highest BCUT2D eigenvalue weighted by atomic mass is 32.2. The molecule has 1 aromatic carbocycles. The minimum Gasteiger partial charge on any atom is -0.491 e. The third-order valence-electron chi connectivity index (χ3n) is 3.83. The monoisotopic (exact) mass is 294 g/mol. The molecular formula is C16H26N2OS. The molecule has 0 saturated carbocycles. The highest BCUT2D eigenvalue weighted by molar-refractivity contribution is 7.99. The van der Waals surface area contributed by atoms with Gasteiger partial charge in [0.05, 0.1) is 6.10 Å². The lowest BCUT2D eigenvalue weighted by molar-refractivity contribution is 0.192. The van der Waals surface area contributed by atoms with Crippen molar-refractivity contribution in [3.8, 4) is 5.75 Å². The van der Waals surface area contributed by atoms with E-state index in [-0.39, 0.29) is 6.10 Å². The summed E-state index contributed by atoms with van der Waals surface area (Å²) in [6.45, 7) is 4.74. The van der Waals surface area contributed by atoms with Gasteiger partial charge >= 0.3 is 0 Å². The second-order valence-electron chi connectivity index (χ2n) is 5.67. The predicted molar refractivity (Wildman–Crippen MR) is 87.5 cm³/mol. The Bertz CT molecular complexity index is 401. The molecule has 2 rings (SSSR count). The molecule has 0 aromatic heterocycles. The van der Waals surface area contributed by atoms with Crippen LogP contribution in [0.3, 0.4) is 0 Å². The van der Waals surface area contributed by atoms with Crippen LogP contribution < -0.4 is 10.5 Å². The number of ether oxygens (including phenoxy) is 1. The van der Waals surface area contributed by atoms with Crippen molar-refractivity contribution in [3.63, 3.8) is 0 Å². The number of benzene rings is 1. The SMILES string of the molecule is CC(C)Oc1ccc(C(CN)N(C)C2CCSC2)cc1. The fraction of sp³-hybridized carbons (Fsp3) is 0.625. The summed E-state index contributed by atoms with van der Waals surface area (Å²) in [7, 11) is 2.20. The highest BCUT2D eigenvalue weighted by Crippen LogP contribution is 2.29. The van der Waals surface area contributed by atoms with Crippen molar-refractivity contribution in [2.75, 3.05) is 25.1 Å². The van der Waals surface area contributed by atoms with Gasteiger partial charge in [-0.15, -0.1) is 0 Å². The molecule has 1 aliphatic heterocycles. The van der Waals surface area contributed by atoms with Crippen molar-refractivity contribution in [3.05, 3.63) is 29.8 Å². The number of hydrogen-bond donors (Lipinski definition) is 1. The third-order valence-corrected chi connectivity index (χ3v) is 4.98. The molecule has 0 aliphatic carbocycles. The van der Waals surface area contributed by atoms with Crippen LogP contribution in [0.15, 0.2) is 24.3 Å². The molecule has 4 heteroatoms. The summed E-state index contributed by atoms with van der Waals surface area (Å²) >= 11 is 2.04. The van der Waals surface area contributed by atoms with Crippen LogP contribution in [0, 0.1) is 0 Å². The predicted octanol–water partition coefficient (Wildman–Crippen LogP) is 2.91. The highest BCUT2D eigenvalue weighted by Gasteiger charge is 2.26. The maximum Gasteiger partial charge on any atom is 0.119 e. The summed E-state index contributed by atoms with van der Waals surface area (Å²) in [4.78, 5) is 2.44. The van der Waals surface area contributed by atoms with Gasteiger partial charge in [-0.05, 0) is 50.8 Å². The largest absolute Gasteiger partial charge is 0.491 e. The van der Waals surface area contributed by atoms with Gasteiger partial charge in [0.25, 0.3) is 0 Å². The molecule has 0 bridgehead atoms. The van der Waals surface area contributed by atoms with Crippen molar-refractivity contribution in [1.82, 2.24) is 4.90 Å². The molecule has 3 nitrogen and oxygen atoms in total. The van der Waals surface area contributed by atoms with Crippen LogP contribution in [0.5, 0.6) is 5.75 Å². The van der Waals surface area contributed by atoms with Gasteiger partial charge in [-0.3, -0.25) is 4.90 Å². The van der Waals surface area contributed by atoms with Crippen LogP contribution in [0.4, 0.5) is 0 Å². The Labute approximate surface area is 126 Å². The second kappa shape index (κ2) is 7.34. The fourth-order valence-corrected chi connectivity index (χ4v) is 3.96. The van der Waals surface area contributed by atoms with E-state index in [9.17, 15) is 0 Å². The maximum atomic E-state index is 6.01. The molecule has 2 unspecified atom stereocenters. The molecule has 1 saturated heterocycles. The van der Waals surface area contributed by atoms with Gasteiger partial charge in [-0.2, -0.15) is 11.8 Å². The van der Waals surface area contributed by atoms with Gasteiger partial charge in [0, 0.05) is 24.4 Å². The quantitative estimate of drug-likeness (QED) is 0.875. The van der Waals surface area contributed by atoms with Crippen LogP contribution >= 0.6 is 11.8 Å². The van der Waals surface area contributed by atoms with Gasteiger partial charge in [-0.1, -0.05) is 12.1 Å². The Hall–Kier alpha value is -0.710. The first-order chi connectivity index (χ1) is 9.61. The van der Waals surface area contributed by atoms with Gasteiger partial charge in [0.15, 0.2) is 0 Å². The Morgan fingerprint density at radius 2 is 2.05 bits per heavy atom. The smallest absolute Gasteiger partial charge is 0.119 e. The van der Waals surface area contributed by atoms with Crippen LogP contribution in [-0.2, 0) is 0 Å². The number of nitrogens with two attached hydrogens (primary N) is 1. The number of likely N-dealkylation sites (N-methyl/N-ethyl adjacent to an activating group) is 1. The molecular weight excluding hydrogens is 268 g/mol. The molecule has 2 atom stereocenters. The Kier molecular flexibility index (Phi) is 5.75. The molecule has 20 heavy (non-hydrogen) atoms. The minimum absolute atomic E-state index is 0.212. The lowest BCUT2D eigenvalue weighted by atomic mass is 10.0. The standard InChI is InChI=1S/C16H26N2OS/c1-12(2)19-15-6-4-13(5-7-15)16(10-17)18(3)14-8-9-20-11-14/h4-7,12,14,16H,8-11,17H2,1-3H3. The number of rotatable bonds is 6. The Balaban J connectivity index is 2.06. The zero-order chi connectivity index (χ0) is 14.5. The van der Waals surface area contributed by atoms with E-state index in [1.807, 2.05) is 25.6 Å². The summed E-state index contributed by atoms with van der Waals surface area (Å²) in [5.74, 6) is 3.42. The molecule has 0 radical (unpaired) electrons. The second-order valence-corrected chi connectivity index (χ2v) is 6.82. The summed E-state index contributed by atoms with van der Waals surface area (Å²) in [6.07, 6.45) is 1.48. The zero-order valence-electron chi connectivity index (χ0n) is 12.7. The summed E-state index contributed by atoms with van der Waals surface area (Å²) in [5, 5.41) is 0. The van der Waals surface area contributed by atoms with E-state index in [1.165, 1.54) is 23.5 Å². The molecule has 1 aromatic rings. The molecule has 1 heterocycles. The van der Waals surface area contributed by atoms with Crippen molar-refractivity contribution in [2.45, 2.75) is 38.5 Å². The van der Waals surface area contributed by atoms with Crippen molar-refractivity contribution in [2.24, 2.45) is 5.73 Å². The molecule has 112 valence electrons. The maximum absolute atomic E-state index is 6.01. The lowest BCUT2D eigenvalue weighted by Crippen LogP contribution is -2.38. The first kappa shape index (κ1) is 15.7. The third kappa shape index (κ3) is 3.90. The average molecular weight is 294 g/mol. The van der Waals surface area contributed by atoms with Gasteiger partial charge in [-0.25, -0.2) is 0 Å². The van der Waals surface area contributed by atoms with Crippen LogP contribution in [0.2, 0.25) is 0 Å². The van der Waals surface area contributed by atoms with E-state index in [0.29, 0.717) is 18.6 Å². The number of thioether (sulfide) groups is 1. The van der Waals surface area contributed by atoms with Gasteiger partial charge < -0.3 is 10.5 Å². The first-order valence-corrected chi connectivity index (χ1v) is 8.53. The molecule has 2 N–H and O–H groups in total. The van der Waals surface area contributed by atoms with E-state index in [1.54, 1.807) is 0 Å². The first-order valence-electron chi connectivity index (χ1n) is 7.38. The van der Waals surface area contributed by atoms with E-state index in [2.05, 4.69) is 36.2 Å². The normalized spacial score (nSPS) is 20.6. The summed E-state index contributed by atoms with van der Waals surface area (Å²) in [6, 6.07) is 9.35. The molecule has 0 amide bonds. The lowest BCUT2D eigenvalue weighted by Gasteiger charge is -2.32. The Morgan fingerprint density at radius 3 is 2.55 bits per heavy atom. The molecule has 1 aliphatic rings. The number of nitrogens with zero attached hydrogens (tertiary/aromatic N) is 1. The summed E-state index contributed by atoms with van der Waals surface area (Å²) in [5.41, 5.74) is 7.29. The van der Waals surface area contributed by atoms with E-state index >= 15 is 0 Å².